The van der Waals surface area contributed by atoms with Crippen LogP contribution in [0.25, 0.3) is 0 Å². The number of aliphatic hydroxyl groups excluding tert-OH is 1. The molecule has 0 fully saturated rings. The number of benzene rings is 1. The third-order valence-corrected chi connectivity index (χ3v) is 4.15. The highest BCUT2D eigenvalue weighted by atomic mass is 79.9. The van der Waals surface area contributed by atoms with Gasteiger partial charge in [-0.15, -0.1) is 0 Å². The molecule has 0 bridgehead atoms. The van der Waals surface area contributed by atoms with Gasteiger partial charge in [-0.3, -0.25) is 4.98 Å². The van der Waals surface area contributed by atoms with Crippen LogP contribution in [0.4, 0.5) is 0 Å². The molecule has 1 heterocycles. The second-order valence-electron chi connectivity index (χ2n) is 6.15. The molecular formula is C18H23BrClN2O3-. The molecule has 25 heavy (non-hydrogen) atoms. The summed E-state index contributed by atoms with van der Waals surface area (Å²) in [4.78, 5) is 4.08. The Hall–Kier alpha value is -1.34. The first-order chi connectivity index (χ1) is 11.4. The minimum absolute atomic E-state index is 0. The van der Waals surface area contributed by atoms with Gasteiger partial charge in [0.2, 0.25) is 0 Å². The predicted molar refractivity (Wildman–Crippen MR) is 97.3 cm³/mol. The maximum Gasteiger partial charge on any atom is 0.175 e. The summed E-state index contributed by atoms with van der Waals surface area (Å²) in [5.74, 6) is 1.32. The van der Waals surface area contributed by atoms with Crippen LogP contribution in [0.5, 0.6) is 11.5 Å². The Morgan fingerprint density at radius 1 is 1.28 bits per heavy atom. The Kier molecular flexibility index (Phi) is 8.65. The van der Waals surface area contributed by atoms with Crippen LogP contribution in [0.3, 0.4) is 0 Å². The van der Waals surface area contributed by atoms with Gasteiger partial charge in [0.25, 0.3) is 0 Å². The summed E-state index contributed by atoms with van der Waals surface area (Å²) in [6, 6.07) is 7.76. The molecule has 5 nitrogen and oxygen atoms in total. The Morgan fingerprint density at radius 2 is 2.04 bits per heavy atom. The number of nitrogens with one attached hydrogen (secondary N) is 1. The molecule has 2 aromatic rings. The zero-order valence-corrected chi connectivity index (χ0v) is 16.9. The molecule has 1 aromatic carbocycles. The smallest absolute Gasteiger partial charge is 0.175 e. The number of hydrogen-bond donors (Lipinski definition) is 2. The first-order valence-corrected chi connectivity index (χ1v) is 8.48. The average Bonchev–Trinajstić information content (AvgIpc) is 2.59. The summed E-state index contributed by atoms with van der Waals surface area (Å²) in [6.45, 7) is 5.00. The number of pyridine rings is 1. The largest absolute Gasteiger partial charge is 1.00 e. The number of rotatable bonds is 8. The maximum atomic E-state index is 9.33. The SMILES string of the molecule is COc1cc(CNC(C)(C)CO)cc(Br)c1OCc1cccnc1.[Cl-]. The van der Waals surface area contributed by atoms with E-state index in [9.17, 15) is 5.11 Å². The lowest BCUT2D eigenvalue weighted by molar-refractivity contribution is -0.00000648. The number of aromatic nitrogens is 1. The van der Waals surface area contributed by atoms with Crippen LogP contribution in [0.15, 0.2) is 41.1 Å². The van der Waals surface area contributed by atoms with Crippen LogP contribution in [-0.4, -0.2) is 29.3 Å². The van der Waals surface area contributed by atoms with Crippen molar-refractivity contribution >= 4 is 15.9 Å². The van der Waals surface area contributed by atoms with Gasteiger partial charge in [-0.2, -0.15) is 0 Å². The topological polar surface area (TPSA) is 63.6 Å². The summed E-state index contributed by atoms with van der Waals surface area (Å²) < 4.78 is 12.2. The van der Waals surface area contributed by atoms with Crippen molar-refractivity contribution in [2.24, 2.45) is 0 Å². The number of nitrogens with zero attached hydrogens (tertiary/aromatic N) is 1. The van der Waals surface area contributed by atoms with Crippen LogP contribution in [-0.2, 0) is 13.2 Å². The number of halogens is 2. The lowest BCUT2D eigenvalue weighted by Gasteiger charge is -2.24. The number of methoxy groups -OCH3 is 1. The molecule has 1 aromatic heterocycles. The molecular weight excluding hydrogens is 408 g/mol. The number of aliphatic hydroxyl groups is 1. The molecule has 0 unspecified atom stereocenters. The zero-order valence-electron chi connectivity index (χ0n) is 14.6. The summed E-state index contributed by atoms with van der Waals surface area (Å²) in [6.07, 6.45) is 3.51. The van der Waals surface area contributed by atoms with Crippen molar-refractivity contribution in [2.75, 3.05) is 13.7 Å². The lowest BCUT2D eigenvalue weighted by atomic mass is 10.1. The fourth-order valence-corrected chi connectivity index (χ4v) is 2.66. The molecule has 138 valence electrons. The minimum Gasteiger partial charge on any atom is -1.00 e. The van der Waals surface area contributed by atoms with Gasteiger partial charge in [-0.25, -0.2) is 0 Å². The van der Waals surface area contributed by atoms with Gasteiger partial charge in [-0.05, 0) is 53.5 Å². The van der Waals surface area contributed by atoms with Crippen LogP contribution in [0, 0.1) is 0 Å². The molecule has 2 N–H and O–H groups in total. The molecule has 0 saturated carbocycles. The van der Waals surface area contributed by atoms with Crippen molar-refractivity contribution in [3.05, 3.63) is 52.3 Å². The molecule has 0 aliphatic carbocycles. The van der Waals surface area contributed by atoms with E-state index >= 15 is 0 Å². The van der Waals surface area contributed by atoms with E-state index in [1.54, 1.807) is 19.5 Å². The Bertz CT molecular complexity index is 669. The average molecular weight is 431 g/mol. The molecule has 0 saturated heterocycles. The van der Waals surface area contributed by atoms with Gasteiger partial charge >= 0.3 is 0 Å². The number of hydrogen-bond acceptors (Lipinski definition) is 5. The quantitative estimate of drug-likeness (QED) is 0.631. The third kappa shape index (κ3) is 6.47. The lowest BCUT2D eigenvalue weighted by Crippen LogP contribution is -3.00. The van der Waals surface area contributed by atoms with E-state index in [4.69, 9.17) is 9.47 Å². The summed E-state index contributed by atoms with van der Waals surface area (Å²) in [7, 11) is 1.62. The highest BCUT2D eigenvalue weighted by molar-refractivity contribution is 9.10. The molecule has 0 atom stereocenters. The fourth-order valence-electron chi connectivity index (χ4n) is 2.05. The van der Waals surface area contributed by atoms with Crippen LogP contribution >= 0.6 is 15.9 Å². The molecule has 7 heteroatoms. The van der Waals surface area contributed by atoms with Gasteiger partial charge in [-0.1, -0.05) is 6.07 Å². The predicted octanol–water partition coefficient (Wildman–Crippen LogP) is 0.296. The second kappa shape index (κ2) is 9.97. The third-order valence-electron chi connectivity index (χ3n) is 3.56. The summed E-state index contributed by atoms with van der Waals surface area (Å²) in [5.41, 5.74) is 1.69. The first kappa shape index (κ1) is 21.7. The van der Waals surface area contributed by atoms with Gasteiger partial charge in [0.05, 0.1) is 18.2 Å². The Morgan fingerprint density at radius 3 is 2.64 bits per heavy atom. The molecule has 0 aliphatic rings. The zero-order chi connectivity index (χ0) is 17.6. The van der Waals surface area contributed by atoms with Crippen LogP contribution in [0.2, 0.25) is 0 Å². The van der Waals surface area contributed by atoms with E-state index in [1.807, 2.05) is 38.1 Å². The molecule has 0 radical (unpaired) electrons. The normalized spacial score (nSPS) is 10.9. The van der Waals surface area contributed by atoms with Gasteiger partial charge in [0, 0.05) is 30.0 Å². The van der Waals surface area contributed by atoms with Crippen molar-refractivity contribution in [1.82, 2.24) is 10.3 Å². The molecule has 0 amide bonds. The van der Waals surface area contributed by atoms with E-state index in [-0.39, 0.29) is 24.6 Å². The van der Waals surface area contributed by atoms with Crippen LogP contribution in [0.1, 0.15) is 25.0 Å². The van der Waals surface area contributed by atoms with Gasteiger partial charge < -0.3 is 32.3 Å². The highest BCUT2D eigenvalue weighted by Gasteiger charge is 2.17. The van der Waals surface area contributed by atoms with E-state index in [0.717, 1.165) is 15.6 Å². The Labute approximate surface area is 163 Å². The van der Waals surface area contributed by atoms with E-state index in [1.165, 1.54) is 0 Å². The number of ether oxygens (including phenoxy) is 2. The minimum atomic E-state index is -0.338. The van der Waals surface area contributed by atoms with E-state index in [0.29, 0.717) is 24.7 Å². The van der Waals surface area contributed by atoms with Crippen LogP contribution < -0.4 is 27.2 Å². The maximum absolute atomic E-state index is 9.33. The first-order valence-electron chi connectivity index (χ1n) is 7.69. The standard InChI is InChI=1S/C18H23BrN2O3.ClH/c1-18(2,12-22)21-10-14-7-15(19)17(16(8-14)23-3)24-11-13-5-4-6-20-9-13;/h4-9,21-22H,10-12H2,1-3H3;1H/p-1. The van der Waals surface area contributed by atoms with Crippen molar-refractivity contribution in [1.29, 1.82) is 0 Å². The van der Waals surface area contributed by atoms with Crippen molar-refractivity contribution in [3.63, 3.8) is 0 Å². The van der Waals surface area contributed by atoms with Gasteiger partial charge in [0.1, 0.15) is 6.61 Å². The molecule has 0 spiro atoms. The molecule has 2 rings (SSSR count). The fraction of sp³-hybridized carbons (Fsp3) is 0.389. The van der Waals surface area contributed by atoms with E-state index < -0.39 is 0 Å². The monoisotopic (exact) mass is 429 g/mol. The second-order valence-corrected chi connectivity index (χ2v) is 7.01. The van der Waals surface area contributed by atoms with Gasteiger partial charge in [0.15, 0.2) is 11.5 Å². The highest BCUT2D eigenvalue weighted by Crippen LogP contribution is 2.37. The van der Waals surface area contributed by atoms with Crippen molar-refractivity contribution < 1.29 is 27.0 Å². The van der Waals surface area contributed by atoms with E-state index in [2.05, 4.69) is 26.2 Å². The van der Waals surface area contributed by atoms with Crippen molar-refractivity contribution in [3.8, 4) is 11.5 Å². The Balaban J connectivity index is 0.00000312. The summed E-state index contributed by atoms with van der Waals surface area (Å²) in [5, 5.41) is 12.6. The molecule has 0 aliphatic heterocycles. The van der Waals surface area contributed by atoms with Crippen molar-refractivity contribution in [2.45, 2.75) is 32.5 Å². The summed E-state index contributed by atoms with van der Waals surface area (Å²) >= 11 is 3.55.